The van der Waals surface area contributed by atoms with Crippen LogP contribution in [0.2, 0.25) is 0 Å². The SMILES string of the molecule is Fc1cc(F)c(C(Br)c2sccc2Br)c(F)c1. The molecule has 0 fully saturated rings. The number of rotatable bonds is 2. The molecule has 1 aromatic heterocycles. The Balaban J connectivity index is 2.51. The largest absolute Gasteiger partial charge is 0.207 e. The number of alkyl halides is 1. The van der Waals surface area contributed by atoms with Crippen molar-refractivity contribution >= 4 is 43.2 Å². The molecule has 2 aromatic rings. The van der Waals surface area contributed by atoms with E-state index < -0.39 is 22.3 Å². The van der Waals surface area contributed by atoms with Crippen molar-refractivity contribution in [3.63, 3.8) is 0 Å². The van der Waals surface area contributed by atoms with Crippen molar-refractivity contribution in [3.8, 4) is 0 Å². The normalized spacial score (nSPS) is 12.8. The van der Waals surface area contributed by atoms with Crippen molar-refractivity contribution in [2.24, 2.45) is 0 Å². The summed E-state index contributed by atoms with van der Waals surface area (Å²) in [5.74, 6) is -2.72. The van der Waals surface area contributed by atoms with Gasteiger partial charge in [0.1, 0.15) is 17.5 Å². The molecule has 0 spiro atoms. The zero-order valence-corrected chi connectivity index (χ0v) is 12.2. The molecular formula is C11H5Br2F3S. The van der Waals surface area contributed by atoms with E-state index in [0.29, 0.717) is 12.1 Å². The van der Waals surface area contributed by atoms with Crippen molar-refractivity contribution in [2.45, 2.75) is 4.83 Å². The number of halogens is 5. The van der Waals surface area contributed by atoms with Gasteiger partial charge in [-0.25, -0.2) is 13.2 Å². The van der Waals surface area contributed by atoms with E-state index in [0.717, 1.165) is 9.35 Å². The van der Waals surface area contributed by atoms with Gasteiger partial charge in [-0.3, -0.25) is 0 Å². The first-order valence-corrected chi connectivity index (χ1v) is 7.11. The first-order valence-electron chi connectivity index (χ1n) is 4.52. The molecule has 0 amide bonds. The average molecular weight is 386 g/mol. The average Bonchev–Trinajstić information content (AvgIpc) is 2.62. The Morgan fingerprint density at radius 2 is 1.71 bits per heavy atom. The molecule has 0 bridgehead atoms. The van der Waals surface area contributed by atoms with Crippen LogP contribution in [0.1, 0.15) is 15.3 Å². The zero-order valence-electron chi connectivity index (χ0n) is 8.18. The Morgan fingerprint density at radius 3 is 2.18 bits per heavy atom. The summed E-state index contributed by atoms with van der Waals surface area (Å²) < 4.78 is 40.7. The summed E-state index contributed by atoms with van der Waals surface area (Å²) in [6.45, 7) is 0. The molecule has 0 saturated heterocycles. The van der Waals surface area contributed by atoms with Gasteiger partial charge in [0.05, 0.1) is 4.83 Å². The standard InChI is InChI=1S/C11H5Br2F3S/c12-6-1-2-17-11(6)10(13)9-7(15)3-5(14)4-8(9)16/h1-4,10H. The summed E-state index contributed by atoms with van der Waals surface area (Å²) in [6.07, 6.45) is 0. The summed E-state index contributed by atoms with van der Waals surface area (Å²) >= 11 is 7.87. The summed E-state index contributed by atoms with van der Waals surface area (Å²) in [7, 11) is 0. The van der Waals surface area contributed by atoms with Gasteiger partial charge < -0.3 is 0 Å². The van der Waals surface area contributed by atoms with Crippen molar-refractivity contribution in [1.29, 1.82) is 0 Å². The van der Waals surface area contributed by atoms with Crippen LogP contribution in [0.3, 0.4) is 0 Å². The van der Waals surface area contributed by atoms with Crippen molar-refractivity contribution in [2.75, 3.05) is 0 Å². The third-order valence-electron chi connectivity index (χ3n) is 2.17. The molecule has 1 atom stereocenters. The zero-order chi connectivity index (χ0) is 12.6. The summed E-state index contributed by atoms with van der Waals surface area (Å²) in [6, 6.07) is 3.13. The Kier molecular flexibility index (Phi) is 3.95. The second kappa shape index (κ2) is 5.12. The Morgan fingerprint density at radius 1 is 1.12 bits per heavy atom. The number of benzene rings is 1. The molecule has 2 rings (SSSR count). The lowest BCUT2D eigenvalue weighted by atomic mass is 10.1. The fraction of sp³-hybridized carbons (Fsp3) is 0.0909. The topological polar surface area (TPSA) is 0 Å². The molecular weight excluding hydrogens is 381 g/mol. The lowest BCUT2D eigenvalue weighted by molar-refractivity contribution is 0.527. The Labute approximate surface area is 117 Å². The Bertz CT molecular complexity index is 530. The smallest absolute Gasteiger partial charge is 0.133 e. The molecule has 1 heterocycles. The predicted octanol–water partition coefficient (Wildman–Crippen LogP) is 5.41. The number of thiophene rings is 1. The minimum absolute atomic E-state index is 0.186. The van der Waals surface area contributed by atoms with E-state index in [1.807, 2.05) is 0 Å². The monoisotopic (exact) mass is 384 g/mol. The van der Waals surface area contributed by atoms with Crippen LogP contribution in [-0.4, -0.2) is 0 Å². The molecule has 6 heteroatoms. The molecule has 90 valence electrons. The van der Waals surface area contributed by atoms with E-state index in [-0.39, 0.29) is 5.56 Å². The summed E-state index contributed by atoms with van der Waals surface area (Å²) in [5.41, 5.74) is -0.186. The van der Waals surface area contributed by atoms with E-state index in [1.165, 1.54) is 11.3 Å². The van der Waals surface area contributed by atoms with Crippen molar-refractivity contribution in [3.05, 3.63) is 55.9 Å². The fourth-order valence-corrected chi connectivity index (χ4v) is 4.31. The van der Waals surface area contributed by atoms with Gasteiger partial charge in [-0.15, -0.1) is 11.3 Å². The fourth-order valence-electron chi connectivity index (χ4n) is 1.41. The second-order valence-electron chi connectivity index (χ2n) is 3.28. The van der Waals surface area contributed by atoms with Gasteiger partial charge in [-0.05, 0) is 27.4 Å². The van der Waals surface area contributed by atoms with Crippen LogP contribution in [0, 0.1) is 17.5 Å². The highest BCUT2D eigenvalue weighted by molar-refractivity contribution is 9.11. The van der Waals surface area contributed by atoms with Crippen LogP contribution in [-0.2, 0) is 0 Å². The van der Waals surface area contributed by atoms with Crippen LogP contribution in [0.5, 0.6) is 0 Å². The van der Waals surface area contributed by atoms with Crippen LogP contribution in [0.15, 0.2) is 28.1 Å². The number of hydrogen-bond acceptors (Lipinski definition) is 1. The molecule has 0 aliphatic carbocycles. The van der Waals surface area contributed by atoms with Gasteiger partial charge in [0.25, 0.3) is 0 Å². The predicted molar refractivity (Wildman–Crippen MR) is 69.1 cm³/mol. The van der Waals surface area contributed by atoms with Gasteiger partial charge in [0.2, 0.25) is 0 Å². The first kappa shape index (κ1) is 13.1. The minimum atomic E-state index is -0.923. The molecule has 0 aliphatic rings. The molecule has 1 unspecified atom stereocenters. The number of hydrogen-bond donors (Lipinski definition) is 0. The van der Waals surface area contributed by atoms with Crippen LogP contribution in [0.25, 0.3) is 0 Å². The van der Waals surface area contributed by atoms with E-state index in [4.69, 9.17) is 0 Å². The Hall–Kier alpha value is -0.330. The highest BCUT2D eigenvalue weighted by atomic mass is 79.9. The van der Waals surface area contributed by atoms with E-state index in [2.05, 4.69) is 31.9 Å². The first-order chi connectivity index (χ1) is 8.00. The summed E-state index contributed by atoms with van der Waals surface area (Å²) in [4.78, 5) is 0.0897. The quantitative estimate of drug-likeness (QED) is 0.606. The van der Waals surface area contributed by atoms with E-state index in [1.54, 1.807) is 11.4 Å². The van der Waals surface area contributed by atoms with Crippen molar-refractivity contribution in [1.82, 2.24) is 0 Å². The van der Waals surface area contributed by atoms with Crippen LogP contribution < -0.4 is 0 Å². The van der Waals surface area contributed by atoms with Gasteiger partial charge in [0, 0.05) is 27.0 Å². The van der Waals surface area contributed by atoms with Gasteiger partial charge in [-0.2, -0.15) is 0 Å². The lowest BCUT2D eigenvalue weighted by Crippen LogP contribution is -2.00. The van der Waals surface area contributed by atoms with Gasteiger partial charge >= 0.3 is 0 Å². The maximum absolute atomic E-state index is 13.6. The van der Waals surface area contributed by atoms with Crippen LogP contribution in [0.4, 0.5) is 13.2 Å². The lowest BCUT2D eigenvalue weighted by Gasteiger charge is -2.11. The summed E-state index contributed by atoms with van der Waals surface area (Å²) in [5, 5.41) is 1.80. The minimum Gasteiger partial charge on any atom is -0.207 e. The van der Waals surface area contributed by atoms with Crippen molar-refractivity contribution < 1.29 is 13.2 Å². The molecule has 0 N–H and O–H groups in total. The molecule has 0 radical (unpaired) electrons. The maximum atomic E-state index is 13.6. The maximum Gasteiger partial charge on any atom is 0.133 e. The van der Waals surface area contributed by atoms with Gasteiger partial charge in [0.15, 0.2) is 0 Å². The molecule has 0 saturated carbocycles. The molecule has 0 nitrogen and oxygen atoms in total. The second-order valence-corrected chi connectivity index (χ2v) is 6.00. The van der Waals surface area contributed by atoms with E-state index >= 15 is 0 Å². The highest BCUT2D eigenvalue weighted by Gasteiger charge is 2.23. The van der Waals surface area contributed by atoms with Crippen LogP contribution >= 0.6 is 43.2 Å². The molecule has 17 heavy (non-hydrogen) atoms. The molecule has 0 aliphatic heterocycles. The third-order valence-corrected chi connectivity index (χ3v) is 5.33. The van der Waals surface area contributed by atoms with Gasteiger partial charge in [-0.1, -0.05) is 15.9 Å². The third kappa shape index (κ3) is 2.58. The highest BCUT2D eigenvalue weighted by Crippen LogP contribution is 2.40. The van der Waals surface area contributed by atoms with E-state index in [9.17, 15) is 13.2 Å². The molecule has 1 aromatic carbocycles.